The van der Waals surface area contributed by atoms with Gasteiger partial charge in [0.2, 0.25) is 0 Å². The van der Waals surface area contributed by atoms with Crippen molar-refractivity contribution in [1.82, 2.24) is 9.88 Å². The summed E-state index contributed by atoms with van der Waals surface area (Å²) in [5.74, 6) is 0.899. The summed E-state index contributed by atoms with van der Waals surface area (Å²) in [6.07, 6.45) is 4.87. The van der Waals surface area contributed by atoms with Gasteiger partial charge in [-0.15, -0.1) is 0 Å². The Hall–Kier alpha value is -1.55. The molecule has 1 fully saturated rings. The van der Waals surface area contributed by atoms with E-state index in [1.54, 1.807) is 0 Å². The Morgan fingerprint density at radius 1 is 1.36 bits per heavy atom. The number of amides is 1. The molecule has 1 aromatic rings. The lowest BCUT2D eigenvalue weighted by molar-refractivity contribution is 0.0285. The van der Waals surface area contributed by atoms with Crippen LogP contribution in [0.25, 0.3) is 5.57 Å². The van der Waals surface area contributed by atoms with Crippen molar-refractivity contribution in [2.45, 2.75) is 32.8 Å². The summed E-state index contributed by atoms with van der Waals surface area (Å²) < 4.78 is 5.45. The number of aromatic nitrogens is 1. The van der Waals surface area contributed by atoms with Gasteiger partial charge in [0.1, 0.15) is 10.8 Å². The predicted molar refractivity (Wildman–Crippen MR) is 86.6 cm³/mol. The Morgan fingerprint density at radius 3 is 2.73 bits per heavy atom. The molecule has 0 spiro atoms. The molecule has 1 aliphatic heterocycles. The molecular formula is C17H21ClN2O2. The Labute approximate surface area is 136 Å². The van der Waals surface area contributed by atoms with E-state index in [0.29, 0.717) is 17.0 Å². The van der Waals surface area contributed by atoms with Gasteiger partial charge in [-0.05, 0) is 56.2 Å². The number of likely N-dealkylation sites (tertiary alicyclic amines) is 1. The number of allylic oxidation sites excluding steroid dienone is 1. The van der Waals surface area contributed by atoms with E-state index in [-0.39, 0.29) is 6.09 Å². The Bertz CT molecular complexity index is 604. The maximum absolute atomic E-state index is 12.1. The topological polar surface area (TPSA) is 42.4 Å². The van der Waals surface area contributed by atoms with Gasteiger partial charge < -0.3 is 9.64 Å². The second kappa shape index (κ2) is 5.58. The number of nitrogens with zero attached hydrogens (tertiary/aromatic N) is 2. The standard InChI is InChI=1S/C17H21ClN2O2/c1-17(2,3)22-16(21)20-9-13-6-12(7-14(13)10-20)11-4-5-15(18)19-8-11/h4-6,8,13-14H,7,9-10H2,1-3H3/t13-,14+/m0/s1. The molecule has 2 aliphatic rings. The average molecular weight is 321 g/mol. The average Bonchev–Trinajstić information content (AvgIpc) is 2.95. The minimum Gasteiger partial charge on any atom is -0.444 e. The Balaban J connectivity index is 1.65. The predicted octanol–water partition coefficient (Wildman–Crippen LogP) is 4.01. The van der Waals surface area contributed by atoms with Crippen LogP contribution >= 0.6 is 11.6 Å². The van der Waals surface area contributed by atoms with Crippen molar-refractivity contribution < 1.29 is 9.53 Å². The molecule has 0 unspecified atom stereocenters. The lowest BCUT2D eigenvalue weighted by atomic mass is 9.99. The fraction of sp³-hybridized carbons (Fsp3) is 0.529. The molecule has 2 atom stereocenters. The first kappa shape index (κ1) is 15.3. The lowest BCUT2D eigenvalue weighted by Crippen LogP contribution is -2.35. The molecule has 118 valence electrons. The summed E-state index contributed by atoms with van der Waals surface area (Å²) in [5.41, 5.74) is 2.00. The van der Waals surface area contributed by atoms with Crippen LogP contribution in [0, 0.1) is 11.8 Å². The number of carbonyl (C=O) groups excluding carboxylic acids is 1. The Kier molecular flexibility index (Phi) is 3.89. The molecule has 0 aromatic carbocycles. The maximum Gasteiger partial charge on any atom is 0.410 e. The fourth-order valence-corrected chi connectivity index (χ4v) is 3.28. The summed E-state index contributed by atoms with van der Waals surface area (Å²) in [6, 6.07) is 3.83. The highest BCUT2D eigenvalue weighted by Gasteiger charge is 2.39. The molecule has 22 heavy (non-hydrogen) atoms. The highest BCUT2D eigenvalue weighted by atomic mass is 35.5. The second-order valence-electron chi connectivity index (χ2n) is 7.07. The van der Waals surface area contributed by atoms with Crippen molar-refractivity contribution in [1.29, 1.82) is 0 Å². The van der Waals surface area contributed by atoms with Crippen LogP contribution in [0.3, 0.4) is 0 Å². The molecule has 1 amide bonds. The zero-order valence-electron chi connectivity index (χ0n) is 13.2. The third-order valence-corrected chi connectivity index (χ3v) is 4.36. The van der Waals surface area contributed by atoms with Gasteiger partial charge in [-0.25, -0.2) is 9.78 Å². The van der Waals surface area contributed by atoms with E-state index >= 15 is 0 Å². The largest absolute Gasteiger partial charge is 0.444 e. The minimum absolute atomic E-state index is 0.204. The van der Waals surface area contributed by atoms with Crippen LogP contribution in [0.4, 0.5) is 4.79 Å². The van der Waals surface area contributed by atoms with Crippen molar-refractivity contribution in [3.8, 4) is 0 Å². The van der Waals surface area contributed by atoms with Crippen molar-refractivity contribution in [3.63, 3.8) is 0 Å². The van der Waals surface area contributed by atoms with Crippen LogP contribution in [0.5, 0.6) is 0 Å². The number of pyridine rings is 1. The molecule has 0 N–H and O–H groups in total. The Morgan fingerprint density at radius 2 is 2.14 bits per heavy atom. The summed E-state index contributed by atoms with van der Waals surface area (Å²) in [6.45, 7) is 7.19. The van der Waals surface area contributed by atoms with E-state index in [2.05, 4.69) is 11.1 Å². The van der Waals surface area contributed by atoms with E-state index < -0.39 is 5.60 Å². The van der Waals surface area contributed by atoms with Gasteiger partial charge in [-0.2, -0.15) is 0 Å². The van der Waals surface area contributed by atoms with E-state index in [1.807, 2.05) is 44.0 Å². The molecule has 1 saturated heterocycles. The second-order valence-corrected chi connectivity index (χ2v) is 7.46. The van der Waals surface area contributed by atoms with Crippen LogP contribution < -0.4 is 0 Å². The number of carbonyl (C=O) groups is 1. The van der Waals surface area contributed by atoms with Gasteiger partial charge in [0.15, 0.2) is 0 Å². The molecule has 0 bridgehead atoms. The highest BCUT2D eigenvalue weighted by molar-refractivity contribution is 6.29. The number of rotatable bonds is 1. The molecule has 1 aromatic heterocycles. The van der Waals surface area contributed by atoms with Crippen molar-refractivity contribution in [2.75, 3.05) is 13.1 Å². The maximum atomic E-state index is 12.1. The fourth-order valence-electron chi connectivity index (χ4n) is 3.17. The van der Waals surface area contributed by atoms with Crippen LogP contribution in [0.1, 0.15) is 32.8 Å². The van der Waals surface area contributed by atoms with E-state index in [4.69, 9.17) is 16.3 Å². The van der Waals surface area contributed by atoms with Gasteiger partial charge in [0.25, 0.3) is 0 Å². The van der Waals surface area contributed by atoms with Crippen LogP contribution in [-0.2, 0) is 4.74 Å². The molecule has 4 nitrogen and oxygen atoms in total. The van der Waals surface area contributed by atoms with E-state index in [9.17, 15) is 4.79 Å². The van der Waals surface area contributed by atoms with Crippen LogP contribution in [0.2, 0.25) is 5.15 Å². The number of ether oxygens (including phenoxy) is 1. The first-order chi connectivity index (χ1) is 10.3. The third-order valence-electron chi connectivity index (χ3n) is 4.14. The molecular weight excluding hydrogens is 300 g/mol. The zero-order chi connectivity index (χ0) is 15.9. The minimum atomic E-state index is -0.440. The van der Waals surface area contributed by atoms with Crippen molar-refractivity contribution in [2.24, 2.45) is 11.8 Å². The normalized spacial score (nSPS) is 24.2. The number of hydrogen-bond acceptors (Lipinski definition) is 3. The van der Waals surface area contributed by atoms with Gasteiger partial charge in [-0.1, -0.05) is 23.7 Å². The van der Waals surface area contributed by atoms with Gasteiger partial charge in [0.05, 0.1) is 0 Å². The molecule has 1 aliphatic carbocycles. The van der Waals surface area contributed by atoms with Gasteiger partial charge in [-0.3, -0.25) is 0 Å². The van der Waals surface area contributed by atoms with Gasteiger partial charge >= 0.3 is 6.09 Å². The molecule has 0 saturated carbocycles. The zero-order valence-corrected chi connectivity index (χ0v) is 13.9. The summed E-state index contributed by atoms with van der Waals surface area (Å²) >= 11 is 5.83. The first-order valence-corrected chi connectivity index (χ1v) is 8.00. The summed E-state index contributed by atoms with van der Waals surface area (Å²) in [5, 5.41) is 0.513. The van der Waals surface area contributed by atoms with Crippen LogP contribution in [-0.4, -0.2) is 34.7 Å². The van der Waals surface area contributed by atoms with Crippen LogP contribution in [0.15, 0.2) is 24.4 Å². The van der Waals surface area contributed by atoms with E-state index in [1.165, 1.54) is 5.57 Å². The molecule has 5 heteroatoms. The first-order valence-electron chi connectivity index (χ1n) is 7.62. The summed E-state index contributed by atoms with van der Waals surface area (Å²) in [7, 11) is 0. The monoisotopic (exact) mass is 320 g/mol. The van der Waals surface area contributed by atoms with Crippen molar-refractivity contribution in [3.05, 3.63) is 35.1 Å². The smallest absolute Gasteiger partial charge is 0.410 e. The molecule has 0 radical (unpaired) electrons. The van der Waals surface area contributed by atoms with E-state index in [0.717, 1.165) is 25.1 Å². The SMILES string of the molecule is CC(C)(C)OC(=O)N1C[C@H]2CC(c3ccc(Cl)nc3)=C[C@H]2C1. The van der Waals surface area contributed by atoms with Crippen molar-refractivity contribution >= 4 is 23.3 Å². The molecule has 3 rings (SSSR count). The van der Waals surface area contributed by atoms with Gasteiger partial charge in [0, 0.05) is 19.3 Å². The number of fused-ring (bicyclic) bond motifs is 1. The summed E-state index contributed by atoms with van der Waals surface area (Å²) in [4.78, 5) is 18.1. The molecule has 2 heterocycles. The lowest BCUT2D eigenvalue weighted by Gasteiger charge is -2.24. The number of halogens is 1. The number of hydrogen-bond donors (Lipinski definition) is 0. The quantitative estimate of drug-likeness (QED) is 0.734. The highest BCUT2D eigenvalue weighted by Crippen LogP contribution is 2.41. The third kappa shape index (κ3) is 3.27.